The van der Waals surface area contributed by atoms with Gasteiger partial charge in [0, 0.05) is 11.3 Å². The van der Waals surface area contributed by atoms with Gasteiger partial charge in [0.25, 0.3) is 0 Å². The van der Waals surface area contributed by atoms with E-state index in [0.29, 0.717) is 23.2 Å². The number of carboxylic acids is 1. The third-order valence-corrected chi connectivity index (χ3v) is 6.12. The Balaban J connectivity index is 1.97. The van der Waals surface area contributed by atoms with E-state index in [1.165, 1.54) is 18.2 Å². The molecule has 33 heavy (non-hydrogen) atoms. The second-order valence-corrected chi connectivity index (χ2v) is 8.10. The van der Waals surface area contributed by atoms with Gasteiger partial charge in [-0.25, -0.2) is 9.78 Å². The minimum absolute atomic E-state index is 0.0257. The summed E-state index contributed by atoms with van der Waals surface area (Å²) in [5.41, 5.74) is 7.72. The third-order valence-electron chi connectivity index (χ3n) is 4.77. The average molecular weight is 458 g/mol. The molecule has 1 amide bonds. The minimum Gasteiger partial charge on any atom is -0.478 e. The van der Waals surface area contributed by atoms with Crippen molar-refractivity contribution in [3.05, 3.63) is 71.3 Å². The van der Waals surface area contributed by atoms with Gasteiger partial charge in [-0.2, -0.15) is 10.5 Å². The van der Waals surface area contributed by atoms with E-state index >= 15 is 0 Å². The number of pyridine rings is 1. The Morgan fingerprint density at radius 3 is 2.42 bits per heavy atom. The maximum Gasteiger partial charge on any atom is 0.335 e. The van der Waals surface area contributed by atoms with Gasteiger partial charge in [0.05, 0.1) is 16.4 Å². The molecule has 0 saturated carbocycles. The van der Waals surface area contributed by atoms with Crippen molar-refractivity contribution >= 4 is 35.1 Å². The molecule has 0 radical (unpaired) electrons. The maximum atomic E-state index is 12.9. The molecule has 1 heterocycles. The first kappa shape index (κ1) is 23.3. The molecule has 0 spiro atoms. The number of nitrogen functional groups attached to an aromatic ring is 1. The van der Waals surface area contributed by atoms with Gasteiger partial charge in [-0.3, -0.25) is 4.79 Å². The predicted molar refractivity (Wildman–Crippen MR) is 125 cm³/mol. The average Bonchev–Trinajstić information content (AvgIpc) is 2.82. The van der Waals surface area contributed by atoms with Crippen LogP contribution in [0.5, 0.6) is 0 Å². The highest BCUT2D eigenvalue weighted by Crippen LogP contribution is 2.37. The number of nitriles is 2. The van der Waals surface area contributed by atoms with Crippen LogP contribution < -0.4 is 11.1 Å². The maximum absolute atomic E-state index is 12.9. The van der Waals surface area contributed by atoms with Gasteiger partial charge in [-0.1, -0.05) is 55.1 Å². The van der Waals surface area contributed by atoms with Crippen molar-refractivity contribution < 1.29 is 14.7 Å². The topological polar surface area (TPSA) is 153 Å². The smallest absolute Gasteiger partial charge is 0.335 e. The lowest BCUT2D eigenvalue weighted by atomic mass is 9.97. The number of thioether (sulfide) groups is 1. The Kier molecular flexibility index (Phi) is 7.29. The number of nitrogens with one attached hydrogen (secondary N) is 1. The summed E-state index contributed by atoms with van der Waals surface area (Å²) in [6, 6.07) is 19.0. The molecule has 1 unspecified atom stereocenters. The number of aromatic carboxylic acids is 1. The van der Waals surface area contributed by atoms with Crippen LogP contribution in [0.3, 0.4) is 0 Å². The number of carbonyl (C=O) groups excluding carboxylic acids is 1. The van der Waals surface area contributed by atoms with Crippen molar-refractivity contribution in [1.29, 1.82) is 10.5 Å². The number of hydrogen-bond acceptors (Lipinski definition) is 7. The third kappa shape index (κ3) is 5.12. The van der Waals surface area contributed by atoms with Crippen molar-refractivity contribution in [2.75, 3.05) is 11.1 Å². The van der Waals surface area contributed by atoms with E-state index in [-0.39, 0.29) is 33.4 Å². The van der Waals surface area contributed by atoms with E-state index in [4.69, 9.17) is 10.8 Å². The number of hydrogen-bond donors (Lipinski definition) is 3. The van der Waals surface area contributed by atoms with Gasteiger partial charge in [0.2, 0.25) is 5.91 Å². The molecule has 3 rings (SSSR count). The highest BCUT2D eigenvalue weighted by molar-refractivity contribution is 8.00. The van der Waals surface area contributed by atoms with Crippen LogP contribution in [0.2, 0.25) is 0 Å². The van der Waals surface area contributed by atoms with Crippen LogP contribution in [0.4, 0.5) is 11.5 Å². The monoisotopic (exact) mass is 457 g/mol. The lowest BCUT2D eigenvalue weighted by Gasteiger charge is -2.17. The predicted octanol–water partition coefficient (Wildman–Crippen LogP) is 4.28. The standard InChI is InChI=1S/C24H19N5O3S/c1-2-19(22(30)28-16-10-6-9-15(11-16)24(31)32)33-23-18(13-26)20(14-7-4-3-5-8-14)17(12-25)21(27)29-23/h3-11,19H,2H2,1H3,(H2,27,29)(H,28,30)(H,31,32). The molecule has 0 aliphatic heterocycles. The lowest BCUT2D eigenvalue weighted by Crippen LogP contribution is -2.25. The SMILES string of the molecule is CCC(Sc1nc(N)c(C#N)c(-c2ccccc2)c1C#N)C(=O)Nc1cccc(C(=O)O)c1. The zero-order valence-electron chi connectivity index (χ0n) is 17.6. The first-order valence-electron chi connectivity index (χ1n) is 9.89. The Hall–Kier alpha value is -4.34. The normalized spacial score (nSPS) is 11.1. The molecular formula is C24H19N5O3S. The summed E-state index contributed by atoms with van der Waals surface area (Å²) in [4.78, 5) is 28.4. The van der Waals surface area contributed by atoms with Gasteiger partial charge in [0.15, 0.2) is 0 Å². The van der Waals surface area contributed by atoms with Crippen LogP contribution in [0.25, 0.3) is 11.1 Å². The fraction of sp³-hybridized carbons (Fsp3) is 0.125. The number of nitrogens with zero attached hydrogens (tertiary/aromatic N) is 3. The van der Waals surface area contributed by atoms with Crippen LogP contribution in [-0.2, 0) is 4.79 Å². The van der Waals surface area contributed by atoms with E-state index in [1.54, 1.807) is 30.3 Å². The number of anilines is 2. The molecule has 4 N–H and O–H groups in total. The fourth-order valence-electron chi connectivity index (χ4n) is 3.19. The number of benzene rings is 2. The summed E-state index contributed by atoms with van der Waals surface area (Å²) >= 11 is 1.07. The van der Waals surface area contributed by atoms with Crippen LogP contribution in [0, 0.1) is 22.7 Å². The van der Waals surface area contributed by atoms with Crippen LogP contribution in [0.1, 0.15) is 34.8 Å². The minimum atomic E-state index is -1.10. The number of carboxylic acid groups (broad SMARTS) is 1. The number of aromatic nitrogens is 1. The Labute approximate surface area is 194 Å². The van der Waals surface area contributed by atoms with Crippen LogP contribution >= 0.6 is 11.8 Å². The first-order chi connectivity index (χ1) is 15.9. The Morgan fingerprint density at radius 1 is 1.12 bits per heavy atom. The first-order valence-corrected chi connectivity index (χ1v) is 10.8. The molecule has 8 nitrogen and oxygen atoms in total. The Bertz CT molecular complexity index is 1300. The molecule has 0 saturated heterocycles. The zero-order chi connectivity index (χ0) is 24.0. The summed E-state index contributed by atoms with van der Waals surface area (Å²) in [5.74, 6) is -1.50. The molecule has 9 heteroatoms. The summed E-state index contributed by atoms with van der Waals surface area (Å²) in [7, 11) is 0. The van der Waals surface area contributed by atoms with Crippen molar-refractivity contribution in [3.8, 4) is 23.3 Å². The molecule has 0 aliphatic carbocycles. The van der Waals surface area contributed by atoms with Crippen molar-refractivity contribution in [3.63, 3.8) is 0 Å². The van der Waals surface area contributed by atoms with E-state index < -0.39 is 11.2 Å². The van der Waals surface area contributed by atoms with Crippen LogP contribution in [0.15, 0.2) is 59.6 Å². The van der Waals surface area contributed by atoms with Gasteiger partial charge in [-0.05, 0) is 30.2 Å². The van der Waals surface area contributed by atoms with E-state index in [2.05, 4.69) is 16.4 Å². The second kappa shape index (κ2) is 10.3. The van der Waals surface area contributed by atoms with E-state index in [1.807, 2.05) is 19.1 Å². The molecule has 0 bridgehead atoms. The van der Waals surface area contributed by atoms with E-state index in [0.717, 1.165) is 11.8 Å². The molecule has 0 fully saturated rings. The number of amides is 1. The fourth-order valence-corrected chi connectivity index (χ4v) is 4.21. The summed E-state index contributed by atoms with van der Waals surface area (Å²) in [6.07, 6.45) is 0.405. The summed E-state index contributed by atoms with van der Waals surface area (Å²) in [5, 5.41) is 31.0. The summed E-state index contributed by atoms with van der Waals surface area (Å²) < 4.78 is 0. The van der Waals surface area contributed by atoms with E-state index in [9.17, 15) is 20.1 Å². The summed E-state index contributed by atoms with van der Waals surface area (Å²) in [6.45, 7) is 1.81. The largest absolute Gasteiger partial charge is 0.478 e. The zero-order valence-corrected chi connectivity index (χ0v) is 18.4. The number of rotatable bonds is 7. The molecule has 1 aromatic heterocycles. The highest BCUT2D eigenvalue weighted by atomic mass is 32.2. The second-order valence-electron chi connectivity index (χ2n) is 6.91. The molecule has 3 aromatic rings. The van der Waals surface area contributed by atoms with Gasteiger partial charge < -0.3 is 16.2 Å². The van der Waals surface area contributed by atoms with Gasteiger partial charge >= 0.3 is 5.97 Å². The number of nitrogens with two attached hydrogens (primary N) is 1. The van der Waals surface area contributed by atoms with Gasteiger partial charge in [0.1, 0.15) is 28.5 Å². The van der Waals surface area contributed by atoms with Crippen LogP contribution in [-0.4, -0.2) is 27.2 Å². The molecule has 164 valence electrons. The molecular weight excluding hydrogens is 438 g/mol. The Morgan fingerprint density at radius 2 is 1.82 bits per heavy atom. The van der Waals surface area contributed by atoms with Crippen molar-refractivity contribution in [2.24, 2.45) is 0 Å². The van der Waals surface area contributed by atoms with Crippen molar-refractivity contribution in [2.45, 2.75) is 23.6 Å². The van der Waals surface area contributed by atoms with Gasteiger partial charge in [-0.15, -0.1) is 0 Å². The highest BCUT2D eigenvalue weighted by Gasteiger charge is 2.25. The number of carbonyl (C=O) groups is 2. The molecule has 1 atom stereocenters. The van der Waals surface area contributed by atoms with Crippen molar-refractivity contribution in [1.82, 2.24) is 4.98 Å². The lowest BCUT2D eigenvalue weighted by molar-refractivity contribution is -0.115. The quantitative estimate of drug-likeness (QED) is 0.444. The molecule has 2 aromatic carbocycles. The molecule has 0 aliphatic rings.